The van der Waals surface area contributed by atoms with Gasteiger partial charge in [0.05, 0.1) is 19.8 Å². The van der Waals surface area contributed by atoms with E-state index >= 15 is 0 Å². The van der Waals surface area contributed by atoms with Crippen molar-refractivity contribution >= 4 is 18.2 Å². The predicted octanol–water partition coefficient (Wildman–Crippen LogP) is 0.617. The third-order valence-corrected chi connectivity index (χ3v) is 1.87. The Morgan fingerprint density at radius 3 is 2.40 bits per heavy atom. The summed E-state index contributed by atoms with van der Waals surface area (Å²) in [5.74, 6) is -0.970. The molecule has 80 valence electrons. The van der Waals surface area contributed by atoms with Crippen molar-refractivity contribution < 1.29 is 19.1 Å². The number of esters is 2. The second kappa shape index (κ2) is 5.09. The largest absolute Gasteiger partial charge is 0.466 e. The predicted molar refractivity (Wildman–Crippen MR) is 53.3 cm³/mol. The molecule has 0 amide bonds. The van der Waals surface area contributed by atoms with E-state index in [1.807, 2.05) is 0 Å². The van der Waals surface area contributed by atoms with Gasteiger partial charge in [-0.25, -0.2) is 9.59 Å². The van der Waals surface area contributed by atoms with Crippen LogP contribution in [-0.4, -0.2) is 32.4 Å². The minimum atomic E-state index is -0.496. The SMILES string of the molecule is COC(=O)C1=CC=NC=C(C(=O)OC)C1. The standard InChI is InChI=1S/C10H11NO4/c1-14-9(12)7-3-4-11-6-8(5-7)10(13)15-2/h3-4,6H,5H2,1-2H3. The maximum atomic E-state index is 11.2. The summed E-state index contributed by atoms with van der Waals surface area (Å²) in [7, 11) is 2.56. The van der Waals surface area contributed by atoms with E-state index in [-0.39, 0.29) is 6.42 Å². The lowest BCUT2D eigenvalue weighted by molar-refractivity contribution is -0.136. The summed E-state index contributed by atoms with van der Waals surface area (Å²) in [5.41, 5.74) is 0.693. The lowest BCUT2D eigenvalue weighted by Gasteiger charge is -2.05. The lowest BCUT2D eigenvalue weighted by atomic mass is 10.1. The third-order valence-electron chi connectivity index (χ3n) is 1.87. The van der Waals surface area contributed by atoms with Gasteiger partial charge < -0.3 is 9.47 Å². The fraction of sp³-hybridized carbons (Fsp3) is 0.300. The third kappa shape index (κ3) is 2.77. The molecule has 5 nitrogen and oxygen atoms in total. The molecule has 0 atom stereocenters. The van der Waals surface area contributed by atoms with Gasteiger partial charge in [-0.05, 0) is 6.08 Å². The Balaban J connectivity index is 2.86. The quantitative estimate of drug-likeness (QED) is 0.625. The normalized spacial score (nSPS) is 14.8. The Morgan fingerprint density at radius 1 is 1.20 bits per heavy atom. The van der Waals surface area contributed by atoms with Crippen LogP contribution in [0.5, 0.6) is 0 Å². The molecule has 0 aromatic rings. The van der Waals surface area contributed by atoms with Crippen LogP contribution in [0, 0.1) is 0 Å². The van der Waals surface area contributed by atoms with Crippen molar-refractivity contribution in [3.63, 3.8) is 0 Å². The zero-order valence-corrected chi connectivity index (χ0v) is 8.52. The van der Waals surface area contributed by atoms with Crippen LogP contribution in [0.3, 0.4) is 0 Å². The first-order chi connectivity index (χ1) is 7.19. The highest BCUT2D eigenvalue weighted by molar-refractivity contribution is 5.98. The smallest absolute Gasteiger partial charge is 0.335 e. The molecule has 1 heterocycles. The van der Waals surface area contributed by atoms with Gasteiger partial charge in [0.25, 0.3) is 0 Å². The van der Waals surface area contributed by atoms with Gasteiger partial charge in [-0.3, -0.25) is 4.99 Å². The van der Waals surface area contributed by atoms with Crippen LogP contribution in [0.15, 0.2) is 28.4 Å². The summed E-state index contributed by atoms with van der Waals surface area (Å²) in [4.78, 5) is 26.3. The fourth-order valence-corrected chi connectivity index (χ4v) is 1.10. The molecule has 0 spiro atoms. The molecule has 0 aliphatic carbocycles. The van der Waals surface area contributed by atoms with Gasteiger partial charge in [0.1, 0.15) is 0 Å². The average molecular weight is 209 g/mol. The first-order valence-corrected chi connectivity index (χ1v) is 4.27. The second-order valence-electron chi connectivity index (χ2n) is 2.80. The number of methoxy groups -OCH3 is 2. The van der Waals surface area contributed by atoms with Gasteiger partial charge in [-0.1, -0.05) is 0 Å². The number of carbonyl (C=O) groups is 2. The number of carbonyl (C=O) groups excluding carboxylic acids is 2. The van der Waals surface area contributed by atoms with E-state index in [1.54, 1.807) is 0 Å². The van der Waals surface area contributed by atoms with Gasteiger partial charge >= 0.3 is 11.9 Å². The zero-order chi connectivity index (χ0) is 11.3. The first kappa shape index (κ1) is 11.2. The first-order valence-electron chi connectivity index (χ1n) is 4.27. The second-order valence-corrected chi connectivity index (χ2v) is 2.80. The van der Waals surface area contributed by atoms with Gasteiger partial charge in [0.2, 0.25) is 0 Å². The average Bonchev–Trinajstić information content (AvgIpc) is 2.52. The van der Waals surface area contributed by atoms with E-state index in [0.29, 0.717) is 11.1 Å². The van der Waals surface area contributed by atoms with Crippen molar-refractivity contribution in [2.24, 2.45) is 4.99 Å². The van der Waals surface area contributed by atoms with E-state index in [4.69, 9.17) is 0 Å². The van der Waals surface area contributed by atoms with Crippen molar-refractivity contribution in [3.8, 4) is 0 Å². The van der Waals surface area contributed by atoms with E-state index in [0.717, 1.165) is 0 Å². The van der Waals surface area contributed by atoms with E-state index < -0.39 is 11.9 Å². The molecule has 0 saturated heterocycles. The minimum Gasteiger partial charge on any atom is -0.466 e. The highest BCUT2D eigenvalue weighted by Gasteiger charge is 2.18. The van der Waals surface area contributed by atoms with Crippen LogP contribution >= 0.6 is 0 Å². The van der Waals surface area contributed by atoms with E-state index in [2.05, 4.69) is 14.5 Å². The molecule has 5 heteroatoms. The van der Waals surface area contributed by atoms with Crippen LogP contribution in [-0.2, 0) is 19.1 Å². The van der Waals surface area contributed by atoms with E-state index in [9.17, 15) is 9.59 Å². The van der Waals surface area contributed by atoms with Crippen molar-refractivity contribution in [1.29, 1.82) is 0 Å². The molecule has 0 fully saturated rings. The van der Waals surface area contributed by atoms with Gasteiger partial charge in [-0.15, -0.1) is 0 Å². The lowest BCUT2D eigenvalue weighted by Crippen LogP contribution is -2.10. The maximum absolute atomic E-state index is 11.2. The molecular weight excluding hydrogens is 198 g/mol. The van der Waals surface area contributed by atoms with Crippen molar-refractivity contribution in [2.45, 2.75) is 6.42 Å². The Morgan fingerprint density at radius 2 is 1.80 bits per heavy atom. The molecule has 0 bridgehead atoms. The topological polar surface area (TPSA) is 65.0 Å². The maximum Gasteiger partial charge on any atom is 0.335 e. The highest BCUT2D eigenvalue weighted by atomic mass is 16.5. The summed E-state index contributed by atoms with van der Waals surface area (Å²) in [6.07, 6.45) is 4.48. The summed E-state index contributed by atoms with van der Waals surface area (Å²) >= 11 is 0. The van der Waals surface area contributed by atoms with Crippen LogP contribution in [0.25, 0.3) is 0 Å². The number of allylic oxidation sites excluding steroid dienone is 1. The Bertz CT molecular complexity index is 332. The number of hydrogen-bond acceptors (Lipinski definition) is 5. The Labute approximate surface area is 87.1 Å². The molecule has 0 saturated carbocycles. The molecule has 0 aromatic carbocycles. The molecular formula is C10H11NO4. The fourth-order valence-electron chi connectivity index (χ4n) is 1.10. The molecule has 1 rings (SSSR count). The van der Waals surface area contributed by atoms with Gasteiger partial charge in [0, 0.05) is 24.4 Å². The van der Waals surface area contributed by atoms with Gasteiger partial charge in [-0.2, -0.15) is 0 Å². The number of ether oxygens (including phenoxy) is 2. The molecule has 1 aliphatic heterocycles. The highest BCUT2D eigenvalue weighted by Crippen LogP contribution is 2.15. The number of hydrogen-bond donors (Lipinski definition) is 0. The Kier molecular flexibility index (Phi) is 3.79. The molecule has 0 radical (unpaired) electrons. The minimum absolute atomic E-state index is 0.166. The number of nitrogens with zero attached hydrogens (tertiary/aromatic N) is 1. The van der Waals surface area contributed by atoms with Crippen LogP contribution in [0.1, 0.15) is 6.42 Å². The van der Waals surface area contributed by atoms with E-state index in [1.165, 1.54) is 32.7 Å². The Hall–Kier alpha value is -1.91. The summed E-state index contributed by atoms with van der Waals surface area (Å²) in [6.45, 7) is 0. The molecule has 1 aliphatic rings. The summed E-state index contributed by atoms with van der Waals surface area (Å²) < 4.78 is 9.11. The van der Waals surface area contributed by atoms with Crippen molar-refractivity contribution in [1.82, 2.24) is 0 Å². The molecule has 15 heavy (non-hydrogen) atoms. The van der Waals surface area contributed by atoms with Crippen LogP contribution in [0.2, 0.25) is 0 Å². The number of aliphatic imine (C=N–C) groups is 1. The molecule has 0 aromatic heterocycles. The van der Waals surface area contributed by atoms with Crippen LogP contribution in [0.4, 0.5) is 0 Å². The van der Waals surface area contributed by atoms with Crippen molar-refractivity contribution in [2.75, 3.05) is 14.2 Å². The summed E-state index contributed by atoms with van der Waals surface area (Å²) in [6, 6.07) is 0. The summed E-state index contributed by atoms with van der Waals surface area (Å²) in [5, 5.41) is 0. The monoisotopic (exact) mass is 209 g/mol. The number of rotatable bonds is 2. The molecule has 0 N–H and O–H groups in total. The zero-order valence-electron chi connectivity index (χ0n) is 8.52. The van der Waals surface area contributed by atoms with Gasteiger partial charge in [0.15, 0.2) is 0 Å². The van der Waals surface area contributed by atoms with Crippen molar-refractivity contribution in [3.05, 3.63) is 23.4 Å². The molecule has 0 unspecified atom stereocenters. The van der Waals surface area contributed by atoms with Crippen LogP contribution < -0.4 is 0 Å².